The molecule has 1 aromatic rings. The Morgan fingerprint density at radius 3 is 2.50 bits per heavy atom. The van der Waals surface area contributed by atoms with Gasteiger partial charge < -0.3 is 15.2 Å². The van der Waals surface area contributed by atoms with Gasteiger partial charge in [-0.1, -0.05) is 18.2 Å². The Morgan fingerprint density at radius 2 is 1.89 bits per heavy atom. The predicted molar refractivity (Wildman–Crippen MR) is 75.1 cm³/mol. The van der Waals surface area contributed by atoms with Gasteiger partial charge in [-0.25, -0.2) is 0 Å². The predicted octanol–water partition coefficient (Wildman–Crippen LogP) is 2.69. The van der Waals surface area contributed by atoms with E-state index in [-0.39, 0.29) is 5.60 Å². The Balaban J connectivity index is 2.55. The van der Waals surface area contributed by atoms with Gasteiger partial charge in [-0.2, -0.15) is 0 Å². The van der Waals surface area contributed by atoms with Crippen LogP contribution in [0.4, 0.5) is 0 Å². The highest BCUT2D eigenvalue weighted by molar-refractivity contribution is 5.40. The third-order valence-electron chi connectivity index (χ3n) is 2.57. The molecular weight excluding hydrogens is 226 g/mol. The van der Waals surface area contributed by atoms with Gasteiger partial charge in [0, 0.05) is 0 Å². The van der Waals surface area contributed by atoms with Crippen molar-refractivity contribution in [3.05, 3.63) is 29.3 Å². The first-order valence-electron chi connectivity index (χ1n) is 6.49. The second-order valence-electron chi connectivity index (χ2n) is 5.41. The Labute approximate surface area is 110 Å². The van der Waals surface area contributed by atoms with E-state index in [1.165, 1.54) is 5.56 Å². The monoisotopic (exact) mass is 251 g/mol. The summed E-state index contributed by atoms with van der Waals surface area (Å²) >= 11 is 0. The SMILES string of the molecule is Cc1cccc(CCN)c1OCCOC(C)(C)C. The summed E-state index contributed by atoms with van der Waals surface area (Å²) in [6.07, 6.45) is 0.844. The summed E-state index contributed by atoms with van der Waals surface area (Å²) in [5.74, 6) is 0.959. The number of hydrogen-bond acceptors (Lipinski definition) is 3. The fourth-order valence-electron chi connectivity index (χ4n) is 1.76. The van der Waals surface area contributed by atoms with Crippen LogP contribution in [0.25, 0.3) is 0 Å². The zero-order valence-corrected chi connectivity index (χ0v) is 12.0. The highest BCUT2D eigenvalue weighted by atomic mass is 16.5. The summed E-state index contributed by atoms with van der Waals surface area (Å²) in [7, 11) is 0. The van der Waals surface area contributed by atoms with E-state index in [0.717, 1.165) is 17.7 Å². The molecule has 0 amide bonds. The molecule has 0 unspecified atom stereocenters. The maximum Gasteiger partial charge on any atom is 0.125 e. The van der Waals surface area contributed by atoms with Gasteiger partial charge in [0.2, 0.25) is 0 Å². The Kier molecular flexibility index (Phi) is 5.63. The number of hydrogen-bond donors (Lipinski definition) is 1. The number of ether oxygens (including phenoxy) is 2. The van der Waals surface area contributed by atoms with E-state index in [1.54, 1.807) is 0 Å². The molecule has 2 N–H and O–H groups in total. The lowest BCUT2D eigenvalue weighted by molar-refractivity contribution is -0.0164. The summed E-state index contributed by atoms with van der Waals surface area (Å²) in [6, 6.07) is 6.17. The van der Waals surface area contributed by atoms with Gasteiger partial charge in [0.15, 0.2) is 0 Å². The van der Waals surface area contributed by atoms with Crippen molar-refractivity contribution in [1.82, 2.24) is 0 Å². The molecule has 3 heteroatoms. The standard InChI is InChI=1S/C15H25NO2/c1-12-6-5-7-13(8-9-16)14(12)17-10-11-18-15(2,3)4/h5-7H,8-11,16H2,1-4H3. The van der Waals surface area contributed by atoms with E-state index < -0.39 is 0 Å². The first-order chi connectivity index (χ1) is 8.44. The van der Waals surface area contributed by atoms with Crippen LogP contribution in [0.3, 0.4) is 0 Å². The maximum atomic E-state index is 5.84. The molecule has 0 atom stereocenters. The summed E-state index contributed by atoms with van der Waals surface area (Å²) in [5, 5.41) is 0. The Morgan fingerprint density at radius 1 is 1.17 bits per heavy atom. The van der Waals surface area contributed by atoms with Crippen LogP contribution in [-0.4, -0.2) is 25.4 Å². The highest BCUT2D eigenvalue weighted by Crippen LogP contribution is 2.23. The van der Waals surface area contributed by atoms with E-state index >= 15 is 0 Å². The van der Waals surface area contributed by atoms with Gasteiger partial charge in [-0.15, -0.1) is 0 Å². The van der Waals surface area contributed by atoms with Crippen molar-refractivity contribution in [3.8, 4) is 5.75 Å². The second kappa shape index (κ2) is 6.76. The molecule has 1 aromatic carbocycles. The van der Waals surface area contributed by atoms with E-state index in [1.807, 2.05) is 26.8 Å². The van der Waals surface area contributed by atoms with E-state index in [4.69, 9.17) is 15.2 Å². The summed E-state index contributed by atoms with van der Waals surface area (Å²) < 4.78 is 11.5. The first kappa shape index (κ1) is 15.0. The minimum absolute atomic E-state index is 0.116. The quantitative estimate of drug-likeness (QED) is 0.791. The number of nitrogens with two attached hydrogens (primary N) is 1. The lowest BCUT2D eigenvalue weighted by atomic mass is 10.1. The minimum Gasteiger partial charge on any atom is -0.491 e. The van der Waals surface area contributed by atoms with Crippen LogP contribution in [0.2, 0.25) is 0 Å². The molecule has 0 saturated heterocycles. The van der Waals surface area contributed by atoms with Crippen LogP contribution in [-0.2, 0) is 11.2 Å². The molecule has 1 rings (SSSR count). The normalized spacial score (nSPS) is 11.6. The van der Waals surface area contributed by atoms with Gasteiger partial charge in [0.05, 0.1) is 12.2 Å². The molecule has 102 valence electrons. The summed E-state index contributed by atoms with van der Waals surface area (Å²) in [4.78, 5) is 0. The van der Waals surface area contributed by atoms with Crippen molar-refractivity contribution in [3.63, 3.8) is 0 Å². The number of rotatable bonds is 6. The van der Waals surface area contributed by atoms with Crippen molar-refractivity contribution >= 4 is 0 Å². The van der Waals surface area contributed by atoms with E-state index in [9.17, 15) is 0 Å². The molecule has 0 saturated carbocycles. The average molecular weight is 251 g/mol. The maximum absolute atomic E-state index is 5.84. The number of benzene rings is 1. The van der Waals surface area contributed by atoms with E-state index in [0.29, 0.717) is 19.8 Å². The van der Waals surface area contributed by atoms with E-state index in [2.05, 4.69) is 19.1 Å². The van der Waals surface area contributed by atoms with Gasteiger partial charge in [0.1, 0.15) is 12.4 Å². The van der Waals surface area contributed by atoms with Crippen LogP contribution >= 0.6 is 0 Å². The molecule has 18 heavy (non-hydrogen) atoms. The largest absolute Gasteiger partial charge is 0.491 e. The first-order valence-corrected chi connectivity index (χ1v) is 6.49. The zero-order valence-electron chi connectivity index (χ0n) is 12.0. The molecule has 0 fully saturated rings. The number of aryl methyl sites for hydroxylation is 1. The molecular formula is C15H25NO2. The smallest absolute Gasteiger partial charge is 0.125 e. The van der Waals surface area contributed by atoms with Gasteiger partial charge in [0.25, 0.3) is 0 Å². The molecule has 3 nitrogen and oxygen atoms in total. The van der Waals surface area contributed by atoms with Gasteiger partial charge in [-0.3, -0.25) is 0 Å². The topological polar surface area (TPSA) is 44.5 Å². The number of para-hydroxylation sites is 1. The van der Waals surface area contributed by atoms with Gasteiger partial charge >= 0.3 is 0 Å². The van der Waals surface area contributed by atoms with Crippen molar-refractivity contribution < 1.29 is 9.47 Å². The van der Waals surface area contributed by atoms with Gasteiger partial charge in [-0.05, 0) is 51.8 Å². The third kappa shape index (κ3) is 5.07. The van der Waals surface area contributed by atoms with Crippen molar-refractivity contribution in [2.75, 3.05) is 19.8 Å². The molecule has 0 aliphatic rings. The molecule has 0 radical (unpaired) electrons. The molecule has 0 heterocycles. The van der Waals surface area contributed by atoms with Crippen LogP contribution in [0.15, 0.2) is 18.2 Å². The summed E-state index contributed by atoms with van der Waals surface area (Å²) in [5.41, 5.74) is 7.82. The second-order valence-corrected chi connectivity index (χ2v) is 5.41. The molecule has 0 spiro atoms. The van der Waals surface area contributed by atoms with Crippen molar-refractivity contribution in [2.45, 2.75) is 39.7 Å². The molecule has 0 aromatic heterocycles. The van der Waals surface area contributed by atoms with Crippen LogP contribution in [0.5, 0.6) is 5.75 Å². The minimum atomic E-state index is -0.116. The van der Waals surface area contributed by atoms with Crippen molar-refractivity contribution in [2.24, 2.45) is 5.73 Å². The van der Waals surface area contributed by atoms with Crippen LogP contribution < -0.4 is 10.5 Å². The average Bonchev–Trinajstić information content (AvgIpc) is 2.26. The van der Waals surface area contributed by atoms with Crippen molar-refractivity contribution in [1.29, 1.82) is 0 Å². The zero-order chi connectivity index (χ0) is 13.6. The lowest BCUT2D eigenvalue weighted by Crippen LogP contribution is -2.22. The Hall–Kier alpha value is -1.06. The fourth-order valence-corrected chi connectivity index (χ4v) is 1.76. The molecule has 0 aliphatic carbocycles. The lowest BCUT2D eigenvalue weighted by Gasteiger charge is -2.20. The summed E-state index contributed by atoms with van der Waals surface area (Å²) in [6.45, 7) is 9.99. The van der Waals surface area contributed by atoms with Crippen LogP contribution in [0, 0.1) is 6.92 Å². The highest BCUT2D eigenvalue weighted by Gasteiger charge is 2.10. The Bertz CT molecular complexity index is 369. The van der Waals surface area contributed by atoms with Crippen LogP contribution in [0.1, 0.15) is 31.9 Å². The fraction of sp³-hybridized carbons (Fsp3) is 0.600. The third-order valence-corrected chi connectivity index (χ3v) is 2.57. The molecule has 0 aliphatic heterocycles. The molecule has 0 bridgehead atoms.